The number of benzene rings is 2. The van der Waals surface area contributed by atoms with E-state index in [2.05, 4.69) is 5.32 Å². The molecule has 1 fully saturated rings. The number of carbonyl (C=O) groups excluding carboxylic acids is 2. The lowest BCUT2D eigenvalue weighted by molar-refractivity contribution is -0.121. The molecule has 0 aliphatic carbocycles. The van der Waals surface area contributed by atoms with Gasteiger partial charge >= 0.3 is 0 Å². The molecule has 1 aliphatic heterocycles. The largest absolute Gasteiger partial charge is 0.338 e. The molecule has 2 aromatic carbocycles. The first-order valence-electron chi connectivity index (χ1n) is 8.63. The molecule has 2 atom stereocenters. The molecule has 2 amide bonds. The zero-order chi connectivity index (χ0) is 18.5. The number of piperidine rings is 1. The van der Waals surface area contributed by atoms with Gasteiger partial charge in [-0.1, -0.05) is 18.2 Å². The second kappa shape index (κ2) is 8.27. The van der Waals surface area contributed by atoms with E-state index in [-0.39, 0.29) is 17.7 Å². The van der Waals surface area contributed by atoms with Crippen molar-refractivity contribution in [3.63, 3.8) is 0 Å². The molecule has 136 valence electrons. The molecule has 5 nitrogen and oxygen atoms in total. The summed E-state index contributed by atoms with van der Waals surface area (Å²) in [7, 11) is -1.06. The summed E-state index contributed by atoms with van der Waals surface area (Å²) >= 11 is 0. The van der Waals surface area contributed by atoms with Crippen LogP contribution in [0.25, 0.3) is 0 Å². The number of hydrogen-bond acceptors (Lipinski definition) is 3. The minimum Gasteiger partial charge on any atom is -0.338 e. The van der Waals surface area contributed by atoms with Crippen LogP contribution >= 0.6 is 0 Å². The van der Waals surface area contributed by atoms with Crippen LogP contribution in [0.2, 0.25) is 0 Å². The summed E-state index contributed by atoms with van der Waals surface area (Å²) in [5, 5.41) is 2.92. The minimum absolute atomic E-state index is 0.0505. The second-order valence-corrected chi connectivity index (χ2v) is 7.80. The number of para-hydroxylation sites is 1. The Morgan fingerprint density at radius 3 is 2.42 bits per heavy atom. The van der Waals surface area contributed by atoms with Gasteiger partial charge in [-0.2, -0.15) is 0 Å². The molecule has 2 unspecified atom stereocenters. The fourth-order valence-electron chi connectivity index (χ4n) is 3.11. The molecule has 0 bridgehead atoms. The Morgan fingerprint density at radius 1 is 1.08 bits per heavy atom. The van der Waals surface area contributed by atoms with E-state index in [0.717, 1.165) is 18.5 Å². The van der Waals surface area contributed by atoms with Crippen molar-refractivity contribution < 1.29 is 13.8 Å². The maximum atomic E-state index is 12.7. The number of hydrogen-bond donors (Lipinski definition) is 1. The summed E-state index contributed by atoms with van der Waals surface area (Å²) in [5.74, 6) is -0.351. The molecule has 26 heavy (non-hydrogen) atoms. The van der Waals surface area contributed by atoms with Gasteiger partial charge in [0, 0.05) is 46.3 Å². The van der Waals surface area contributed by atoms with Crippen LogP contribution in [-0.4, -0.2) is 40.3 Å². The van der Waals surface area contributed by atoms with Crippen molar-refractivity contribution in [2.45, 2.75) is 17.7 Å². The summed E-state index contributed by atoms with van der Waals surface area (Å²) in [6, 6.07) is 16.2. The van der Waals surface area contributed by atoms with Gasteiger partial charge in [-0.25, -0.2) is 0 Å². The normalized spacial score (nSPS) is 18.2. The highest BCUT2D eigenvalue weighted by molar-refractivity contribution is 7.84. The first-order valence-corrected chi connectivity index (χ1v) is 10.2. The molecule has 0 spiro atoms. The van der Waals surface area contributed by atoms with Crippen LogP contribution in [0.15, 0.2) is 59.5 Å². The highest BCUT2D eigenvalue weighted by atomic mass is 32.2. The Kier molecular flexibility index (Phi) is 5.83. The fourth-order valence-corrected chi connectivity index (χ4v) is 3.63. The molecule has 1 heterocycles. The maximum absolute atomic E-state index is 12.7. The minimum atomic E-state index is -1.06. The molecule has 0 radical (unpaired) electrons. The molecule has 1 saturated heterocycles. The molecule has 1 aliphatic rings. The number of rotatable bonds is 4. The van der Waals surface area contributed by atoms with Crippen molar-refractivity contribution in [2.75, 3.05) is 24.7 Å². The maximum Gasteiger partial charge on any atom is 0.253 e. The van der Waals surface area contributed by atoms with E-state index in [1.165, 1.54) is 0 Å². The smallest absolute Gasteiger partial charge is 0.253 e. The summed E-state index contributed by atoms with van der Waals surface area (Å²) < 4.78 is 11.5. The summed E-state index contributed by atoms with van der Waals surface area (Å²) in [6.45, 7) is 1.06. The second-order valence-electron chi connectivity index (χ2n) is 6.42. The van der Waals surface area contributed by atoms with Crippen LogP contribution < -0.4 is 5.32 Å². The van der Waals surface area contributed by atoms with E-state index in [4.69, 9.17) is 0 Å². The first-order chi connectivity index (χ1) is 12.5. The van der Waals surface area contributed by atoms with Gasteiger partial charge in [0.25, 0.3) is 5.91 Å². The Balaban J connectivity index is 1.64. The molecule has 2 aromatic rings. The predicted octanol–water partition coefficient (Wildman–Crippen LogP) is 2.91. The highest BCUT2D eigenvalue weighted by Gasteiger charge is 2.29. The highest BCUT2D eigenvalue weighted by Crippen LogP contribution is 2.21. The lowest BCUT2D eigenvalue weighted by atomic mass is 9.96. The van der Waals surface area contributed by atoms with Gasteiger partial charge in [-0.05, 0) is 49.2 Å². The fraction of sp³-hybridized carbons (Fsp3) is 0.300. The molecule has 3 rings (SSSR count). The number of nitrogens with one attached hydrogen (secondary N) is 1. The third-order valence-electron chi connectivity index (χ3n) is 4.55. The first kappa shape index (κ1) is 18.3. The molecule has 0 saturated carbocycles. The standard InChI is InChI=1S/C20H22N2O3S/c1-26(25)18-11-9-15(10-12-18)20(24)22-13-5-6-16(14-22)19(23)21-17-7-3-2-4-8-17/h2-4,7-12,16H,5-6,13-14H2,1H3,(H,21,23). The average Bonchev–Trinajstić information content (AvgIpc) is 2.68. The summed E-state index contributed by atoms with van der Waals surface area (Å²) in [4.78, 5) is 27.7. The topological polar surface area (TPSA) is 66.5 Å². The van der Waals surface area contributed by atoms with Gasteiger partial charge < -0.3 is 10.2 Å². The quantitative estimate of drug-likeness (QED) is 0.900. The zero-order valence-electron chi connectivity index (χ0n) is 14.7. The average molecular weight is 370 g/mol. The van der Waals surface area contributed by atoms with Crippen molar-refractivity contribution in [3.8, 4) is 0 Å². The zero-order valence-corrected chi connectivity index (χ0v) is 15.5. The molecular weight excluding hydrogens is 348 g/mol. The third-order valence-corrected chi connectivity index (χ3v) is 5.49. The van der Waals surface area contributed by atoms with Crippen LogP contribution in [0.3, 0.4) is 0 Å². The van der Waals surface area contributed by atoms with Crippen molar-refractivity contribution in [1.82, 2.24) is 4.90 Å². The van der Waals surface area contributed by atoms with Crippen molar-refractivity contribution in [2.24, 2.45) is 5.92 Å². The molecule has 6 heteroatoms. The van der Waals surface area contributed by atoms with Gasteiger partial charge in [-0.15, -0.1) is 0 Å². The van der Waals surface area contributed by atoms with E-state index in [1.54, 1.807) is 35.4 Å². The van der Waals surface area contributed by atoms with Gasteiger partial charge in [0.05, 0.1) is 5.92 Å². The van der Waals surface area contributed by atoms with Gasteiger partial charge in [0.2, 0.25) is 5.91 Å². The van der Waals surface area contributed by atoms with Gasteiger partial charge in [-0.3, -0.25) is 13.8 Å². The van der Waals surface area contributed by atoms with E-state index in [9.17, 15) is 13.8 Å². The van der Waals surface area contributed by atoms with Crippen LogP contribution in [0.4, 0.5) is 5.69 Å². The predicted molar refractivity (Wildman–Crippen MR) is 102 cm³/mol. The van der Waals surface area contributed by atoms with E-state index in [1.807, 2.05) is 30.3 Å². The van der Waals surface area contributed by atoms with Crippen LogP contribution in [0.5, 0.6) is 0 Å². The van der Waals surface area contributed by atoms with Crippen LogP contribution in [0.1, 0.15) is 23.2 Å². The van der Waals surface area contributed by atoms with E-state index < -0.39 is 10.8 Å². The summed E-state index contributed by atoms with van der Waals surface area (Å²) in [6.07, 6.45) is 3.18. The lowest BCUT2D eigenvalue weighted by Crippen LogP contribution is -2.43. The number of likely N-dealkylation sites (tertiary alicyclic amines) is 1. The van der Waals surface area contributed by atoms with Crippen molar-refractivity contribution >= 4 is 28.3 Å². The Labute approximate surface area is 155 Å². The Morgan fingerprint density at radius 2 is 1.77 bits per heavy atom. The van der Waals surface area contributed by atoms with Crippen molar-refractivity contribution in [3.05, 3.63) is 60.2 Å². The monoisotopic (exact) mass is 370 g/mol. The number of anilines is 1. The van der Waals surface area contributed by atoms with Gasteiger partial charge in [0.15, 0.2) is 0 Å². The SMILES string of the molecule is CS(=O)c1ccc(C(=O)N2CCCC(C(=O)Nc3ccccc3)C2)cc1. The number of carbonyl (C=O) groups is 2. The Bertz CT molecular complexity index is 806. The lowest BCUT2D eigenvalue weighted by Gasteiger charge is -2.32. The van der Waals surface area contributed by atoms with E-state index >= 15 is 0 Å². The number of amides is 2. The van der Waals surface area contributed by atoms with Crippen LogP contribution in [0, 0.1) is 5.92 Å². The number of nitrogens with zero attached hydrogens (tertiary/aromatic N) is 1. The van der Waals surface area contributed by atoms with Gasteiger partial charge in [0.1, 0.15) is 0 Å². The molecule has 1 N–H and O–H groups in total. The van der Waals surface area contributed by atoms with Crippen LogP contribution in [-0.2, 0) is 15.6 Å². The molecule has 0 aromatic heterocycles. The molecular formula is C20H22N2O3S. The Hall–Kier alpha value is -2.47. The van der Waals surface area contributed by atoms with Crippen molar-refractivity contribution in [1.29, 1.82) is 0 Å². The third kappa shape index (κ3) is 4.38. The van der Waals surface area contributed by atoms with E-state index in [0.29, 0.717) is 23.5 Å². The summed E-state index contributed by atoms with van der Waals surface area (Å²) in [5.41, 5.74) is 1.33.